The molecule has 0 saturated carbocycles. The third-order valence-corrected chi connectivity index (χ3v) is 5.16. The molecule has 4 rings (SSSR count). The molecule has 1 unspecified atom stereocenters. The van der Waals surface area contributed by atoms with Gasteiger partial charge in [0.1, 0.15) is 11.7 Å². The molecule has 0 bridgehead atoms. The molecule has 0 radical (unpaired) electrons. The van der Waals surface area contributed by atoms with Crippen LogP contribution in [0.25, 0.3) is 11.0 Å². The van der Waals surface area contributed by atoms with Crippen LogP contribution in [0.1, 0.15) is 34.3 Å². The van der Waals surface area contributed by atoms with Crippen molar-refractivity contribution in [1.29, 1.82) is 0 Å². The van der Waals surface area contributed by atoms with Crippen LogP contribution in [0.4, 0.5) is 11.4 Å². The van der Waals surface area contributed by atoms with Crippen LogP contribution in [0.15, 0.2) is 51.7 Å². The first-order valence-corrected chi connectivity index (χ1v) is 9.80. The molecule has 1 fully saturated rings. The van der Waals surface area contributed by atoms with Crippen LogP contribution in [0.5, 0.6) is 0 Å². The molecule has 7 nitrogen and oxygen atoms in total. The largest absolute Gasteiger partial charge is 0.423 e. The van der Waals surface area contributed by atoms with Crippen molar-refractivity contribution in [2.24, 2.45) is 0 Å². The van der Waals surface area contributed by atoms with E-state index in [1.54, 1.807) is 36.4 Å². The summed E-state index contributed by atoms with van der Waals surface area (Å²) in [4.78, 5) is 36.6. The molecular weight excluding hydrogens is 384 g/mol. The summed E-state index contributed by atoms with van der Waals surface area (Å²) in [6.07, 6.45) is 1.13. The highest BCUT2D eigenvalue weighted by atomic mass is 16.5. The minimum absolute atomic E-state index is 0.201. The van der Waals surface area contributed by atoms with Gasteiger partial charge in [-0.25, -0.2) is 4.79 Å². The molecule has 2 amide bonds. The van der Waals surface area contributed by atoms with E-state index in [2.05, 4.69) is 10.6 Å². The summed E-state index contributed by atoms with van der Waals surface area (Å²) in [5.74, 6) is -0.506. The lowest BCUT2D eigenvalue weighted by atomic mass is 10.1. The molecule has 2 heterocycles. The molecule has 154 valence electrons. The molecule has 3 aromatic rings. The van der Waals surface area contributed by atoms with Crippen LogP contribution >= 0.6 is 0 Å². The SMILES string of the molecule is Cc1cc2oc(=O)cc(C)c2cc1NC(=O)c1cccc(NC(=O)C2CCCO2)c1. The Bertz CT molecular complexity index is 1190. The number of benzene rings is 2. The minimum atomic E-state index is -0.439. The van der Waals surface area contributed by atoms with Gasteiger partial charge in [0.25, 0.3) is 11.8 Å². The van der Waals surface area contributed by atoms with Crippen LogP contribution in [-0.2, 0) is 9.53 Å². The number of anilines is 2. The molecule has 7 heteroatoms. The second kappa shape index (κ2) is 8.12. The number of ether oxygens (including phenoxy) is 1. The summed E-state index contributed by atoms with van der Waals surface area (Å²) in [6, 6.07) is 11.7. The van der Waals surface area contributed by atoms with E-state index >= 15 is 0 Å². The highest BCUT2D eigenvalue weighted by Gasteiger charge is 2.23. The molecule has 0 aliphatic carbocycles. The van der Waals surface area contributed by atoms with Gasteiger partial charge in [-0.3, -0.25) is 9.59 Å². The van der Waals surface area contributed by atoms with E-state index in [0.29, 0.717) is 35.5 Å². The summed E-state index contributed by atoms with van der Waals surface area (Å²) in [7, 11) is 0. The quantitative estimate of drug-likeness (QED) is 0.643. The number of amides is 2. The van der Waals surface area contributed by atoms with Crippen molar-refractivity contribution in [2.45, 2.75) is 32.8 Å². The maximum absolute atomic E-state index is 12.8. The summed E-state index contributed by atoms with van der Waals surface area (Å²) in [5, 5.41) is 6.46. The molecule has 2 aromatic carbocycles. The van der Waals surface area contributed by atoms with Crippen molar-refractivity contribution in [3.63, 3.8) is 0 Å². The van der Waals surface area contributed by atoms with Crippen molar-refractivity contribution in [3.05, 3.63) is 69.6 Å². The van der Waals surface area contributed by atoms with Crippen LogP contribution in [0.2, 0.25) is 0 Å². The number of hydrogen-bond acceptors (Lipinski definition) is 5. The predicted octanol–water partition coefficient (Wildman–Crippen LogP) is 3.78. The van der Waals surface area contributed by atoms with Crippen LogP contribution in [0.3, 0.4) is 0 Å². The Morgan fingerprint density at radius 1 is 1.03 bits per heavy atom. The lowest BCUT2D eigenvalue weighted by Crippen LogP contribution is -2.27. The predicted molar refractivity (Wildman–Crippen MR) is 114 cm³/mol. The van der Waals surface area contributed by atoms with Crippen molar-refractivity contribution in [1.82, 2.24) is 0 Å². The molecular formula is C23H22N2O5. The monoisotopic (exact) mass is 406 g/mol. The highest BCUT2D eigenvalue weighted by Crippen LogP contribution is 2.26. The van der Waals surface area contributed by atoms with Gasteiger partial charge in [0.2, 0.25) is 0 Å². The zero-order valence-electron chi connectivity index (χ0n) is 16.8. The fourth-order valence-corrected chi connectivity index (χ4v) is 3.54. The van der Waals surface area contributed by atoms with Crippen LogP contribution in [0, 0.1) is 13.8 Å². The van der Waals surface area contributed by atoms with E-state index in [1.165, 1.54) is 6.07 Å². The Labute approximate surface area is 173 Å². The zero-order valence-corrected chi connectivity index (χ0v) is 16.8. The first-order chi connectivity index (χ1) is 14.4. The van der Waals surface area contributed by atoms with E-state index in [-0.39, 0.29) is 11.8 Å². The van der Waals surface area contributed by atoms with E-state index in [1.807, 2.05) is 13.8 Å². The van der Waals surface area contributed by atoms with Gasteiger partial charge in [0.15, 0.2) is 0 Å². The number of aryl methyl sites for hydroxylation is 2. The van der Waals surface area contributed by atoms with Crippen molar-refractivity contribution >= 4 is 34.2 Å². The van der Waals surface area contributed by atoms with E-state index in [4.69, 9.17) is 9.15 Å². The normalized spacial score (nSPS) is 15.9. The molecule has 1 saturated heterocycles. The Hall–Kier alpha value is -3.45. The van der Waals surface area contributed by atoms with Gasteiger partial charge in [0.05, 0.1) is 0 Å². The van der Waals surface area contributed by atoms with Crippen molar-refractivity contribution in [2.75, 3.05) is 17.2 Å². The maximum atomic E-state index is 12.8. The molecule has 1 aromatic heterocycles. The lowest BCUT2D eigenvalue weighted by Gasteiger charge is -2.13. The highest BCUT2D eigenvalue weighted by molar-refractivity contribution is 6.06. The maximum Gasteiger partial charge on any atom is 0.336 e. The minimum Gasteiger partial charge on any atom is -0.423 e. The summed E-state index contributed by atoms with van der Waals surface area (Å²) in [5.41, 5.74) is 3.20. The van der Waals surface area contributed by atoms with E-state index in [0.717, 1.165) is 22.9 Å². The fraction of sp³-hybridized carbons (Fsp3) is 0.261. The Morgan fingerprint density at radius 2 is 1.87 bits per heavy atom. The molecule has 0 spiro atoms. The first kappa shape index (κ1) is 19.8. The van der Waals surface area contributed by atoms with Gasteiger partial charge in [-0.15, -0.1) is 0 Å². The fourth-order valence-electron chi connectivity index (χ4n) is 3.54. The van der Waals surface area contributed by atoms with Crippen molar-refractivity contribution in [3.8, 4) is 0 Å². The molecule has 1 aliphatic heterocycles. The van der Waals surface area contributed by atoms with Gasteiger partial charge in [0, 0.05) is 35.0 Å². The molecule has 1 atom stereocenters. The van der Waals surface area contributed by atoms with Gasteiger partial charge >= 0.3 is 5.63 Å². The number of carbonyl (C=O) groups excluding carboxylic acids is 2. The van der Waals surface area contributed by atoms with Gasteiger partial charge in [-0.2, -0.15) is 0 Å². The smallest absolute Gasteiger partial charge is 0.336 e. The first-order valence-electron chi connectivity index (χ1n) is 9.80. The second-order valence-electron chi connectivity index (χ2n) is 7.44. The molecule has 2 N–H and O–H groups in total. The van der Waals surface area contributed by atoms with Gasteiger partial charge in [-0.1, -0.05) is 6.07 Å². The second-order valence-corrected chi connectivity index (χ2v) is 7.44. The average molecular weight is 406 g/mol. The summed E-state index contributed by atoms with van der Waals surface area (Å²) >= 11 is 0. The topological polar surface area (TPSA) is 97.6 Å². The summed E-state index contributed by atoms with van der Waals surface area (Å²) < 4.78 is 10.6. The number of nitrogens with one attached hydrogen (secondary N) is 2. The Morgan fingerprint density at radius 3 is 2.63 bits per heavy atom. The van der Waals surface area contributed by atoms with E-state index < -0.39 is 11.7 Å². The van der Waals surface area contributed by atoms with Crippen LogP contribution in [-0.4, -0.2) is 24.5 Å². The van der Waals surface area contributed by atoms with E-state index in [9.17, 15) is 14.4 Å². The number of carbonyl (C=O) groups is 2. The third kappa shape index (κ3) is 4.11. The Balaban J connectivity index is 1.54. The summed E-state index contributed by atoms with van der Waals surface area (Å²) in [6.45, 7) is 4.24. The average Bonchev–Trinajstić information content (AvgIpc) is 3.24. The number of rotatable bonds is 4. The van der Waals surface area contributed by atoms with Gasteiger partial charge < -0.3 is 19.8 Å². The third-order valence-electron chi connectivity index (χ3n) is 5.16. The lowest BCUT2D eigenvalue weighted by molar-refractivity contribution is -0.124. The zero-order chi connectivity index (χ0) is 21.3. The Kier molecular flexibility index (Phi) is 5.37. The van der Waals surface area contributed by atoms with Crippen molar-refractivity contribution < 1.29 is 18.7 Å². The van der Waals surface area contributed by atoms with Gasteiger partial charge in [-0.05, 0) is 68.1 Å². The molecule has 1 aliphatic rings. The van der Waals surface area contributed by atoms with Crippen LogP contribution < -0.4 is 16.3 Å². The number of fused-ring (bicyclic) bond motifs is 1. The standard InChI is InChI=1S/C23H22N2O5/c1-13-10-21(26)30-20-9-14(2)18(12-17(13)20)25-22(27)15-5-3-6-16(11-15)24-23(28)19-7-4-8-29-19/h3,5-6,9-12,19H,4,7-8H2,1-2H3,(H,24,28)(H,25,27). The molecule has 30 heavy (non-hydrogen) atoms. The number of hydrogen-bond donors (Lipinski definition) is 2.